The van der Waals surface area contributed by atoms with E-state index in [2.05, 4.69) is 10.0 Å². The van der Waals surface area contributed by atoms with Gasteiger partial charge in [0.05, 0.1) is 10.6 Å². The molecule has 6 nitrogen and oxygen atoms in total. The number of ether oxygens (including phenoxy) is 1. The third kappa shape index (κ3) is 4.03. The van der Waals surface area contributed by atoms with Crippen LogP contribution >= 0.6 is 0 Å². The molecule has 2 aromatic carbocycles. The molecule has 0 aromatic heterocycles. The molecule has 0 saturated carbocycles. The van der Waals surface area contributed by atoms with Crippen molar-refractivity contribution in [1.82, 2.24) is 4.72 Å². The minimum atomic E-state index is -3.74. The van der Waals surface area contributed by atoms with E-state index in [0.29, 0.717) is 35.4 Å². The van der Waals surface area contributed by atoms with Crippen molar-refractivity contribution >= 4 is 21.6 Å². The van der Waals surface area contributed by atoms with Gasteiger partial charge in [0.2, 0.25) is 10.0 Å². The third-order valence-corrected chi connectivity index (χ3v) is 5.68. The van der Waals surface area contributed by atoms with Gasteiger partial charge in [-0.2, -0.15) is 0 Å². The number of fused-ring (bicyclic) bond motifs is 1. The number of amides is 1. The Morgan fingerprint density at radius 2 is 2.04 bits per heavy atom. The second kappa shape index (κ2) is 7.43. The maximum Gasteiger partial charge on any atom is 0.262 e. The minimum absolute atomic E-state index is 0.0956. The molecule has 0 fully saturated rings. The highest BCUT2D eigenvalue weighted by molar-refractivity contribution is 7.89. The lowest BCUT2D eigenvalue weighted by Gasteiger charge is -2.20. The van der Waals surface area contributed by atoms with E-state index in [1.165, 1.54) is 12.1 Å². The van der Waals surface area contributed by atoms with Crippen LogP contribution in [0.3, 0.4) is 0 Å². The van der Waals surface area contributed by atoms with Crippen molar-refractivity contribution in [2.45, 2.75) is 24.7 Å². The zero-order chi connectivity index (χ0) is 18.7. The molecule has 0 radical (unpaired) electrons. The smallest absolute Gasteiger partial charge is 0.262 e. The van der Waals surface area contributed by atoms with Crippen LogP contribution in [0.15, 0.2) is 41.3 Å². The Labute approximate surface area is 151 Å². The molecule has 0 spiro atoms. The molecule has 1 aliphatic heterocycles. The number of nitrogens with one attached hydrogen (secondary N) is 2. The average molecular weight is 378 g/mol. The van der Waals surface area contributed by atoms with Gasteiger partial charge in [-0.25, -0.2) is 17.5 Å². The first kappa shape index (κ1) is 18.3. The van der Waals surface area contributed by atoms with Gasteiger partial charge in [-0.15, -0.1) is 0 Å². The van der Waals surface area contributed by atoms with Gasteiger partial charge in [-0.05, 0) is 43.0 Å². The van der Waals surface area contributed by atoms with Crippen molar-refractivity contribution in [1.29, 1.82) is 0 Å². The average Bonchev–Trinajstić information content (AvgIpc) is 2.59. The Morgan fingerprint density at radius 1 is 1.27 bits per heavy atom. The summed E-state index contributed by atoms with van der Waals surface area (Å²) in [6.07, 6.45) is 0.907. The number of rotatable bonds is 6. The van der Waals surface area contributed by atoms with Crippen LogP contribution in [-0.4, -0.2) is 27.5 Å². The highest BCUT2D eigenvalue weighted by Crippen LogP contribution is 2.32. The molecule has 0 saturated heterocycles. The SMILES string of the molecule is Cc1cc2c(cc1S(=O)(=O)NCCCc1ccccc1F)OCC(=O)N2. The summed E-state index contributed by atoms with van der Waals surface area (Å²) in [4.78, 5) is 11.4. The molecule has 8 heteroatoms. The molecule has 26 heavy (non-hydrogen) atoms. The van der Waals surface area contributed by atoms with Gasteiger partial charge < -0.3 is 10.1 Å². The molecule has 1 heterocycles. The fraction of sp³-hybridized carbons (Fsp3) is 0.278. The Balaban J connectivity index is 1.67. The van der Waals surface area contributed by atoms with Gasteiger partial charge in [-0.1, -0.05) is 18.2 Å². The van der Waals surface area contributed by atoms with Crippen molar-refractivity contribution in [3.8, 4) is 5.75 Å². The van der Waals surface area contributed by atoms with Crippen molar-refractivity contribution in [3.05, 3.63) is 53.3 Å². The van der Waals surface area contributed by atoms with E-state index < -0.39 is 10.0 Å². The van der Waals surface area contributed by atoms with E-state index in [4.69, 9.17) is 4.74 Å². The number of anilines is 1. The van der Waals surface area contributed by atoms with Crippen molar-refractivity contribution < 1.29 is 22.3 Å². The maximum absolute atomic E-state index is 13.6. The number of sulfonamides is 1. The molecule has 0 atom stereocenters. The summed E-state index contributed by atoms with van der Waals surface area (Å²) in [5.41, 5.74) is 1.51. The van der Waals surface area contributed by atoms with Crippen LogP contribution in [-0.2, 0) is 21.2 Å². The summed E-state index contributed by atoms with van der Waals surface area (Å²) in [5, 5.41) is 2.64. The van der Waals surface area contributed by atoms with E-state index in [1.807, 2.05) is 0 Å². The number of benzene rings is 2. The van der Waals surface area contributed by atoms with Crippen LogP contribution in [0.1, 0.15) is 17.5 Å². The fourth-order valence-corrected chi connectivity index (χ4v) is 4.08. The maximum atomic E-state index is 13.6. The molecular formula is C18H19FN2O4S. The lowest BCUT2D eigenvalue weighted by atomic mass is 10.1. The number of halogens is 1. The molecule has 1 aliphatic rings. The van der Waals surface area contributed by atoms with E-state index in [0.717, 1.165) is 0 Å². The van der Waals surface area contributed by atoms with Crippen molar-refractivity contribution in [2.75, 3.05) is 18.5 Å². The molecule has 0 bridgehead atoms. The van der Waals surface area contributed by atoms with Gasteiger partial charge in [-0.3, -0.25) is 4.79 Å². The van der Waals surface area contributed by atoms with Crippen LogP contribution in [0.2, 0.25) is 0 Å². The predicted molar refractivity (Wildman–Crippen MR) is 95.2 cm³/mol. The van der Waals surface area contributed by atoms with Gasteiger partial charge in [0.25, 0.3) is 5.91 Å². The Hall–Kier alpha value is -2.45. The topological polar surface area (TPSA) is 84.5 Å². The normalized spacial score (nSPS) is 13.7. The van der Waals surface area contributed by atoms with Crippen LogP contribution < -0.4 is 14.8 Å². The second-order valence-electron chi connectivity index (χ2n) is 6.04. The zero-order valence-corrected chi connectivity index (χ0v) is 15.0. The largest absolute Gasteiger partial charge is 0.482 e. The van der Waals surface area contributed by atoms with Crippen LogP contribution in [0, 0.1) is 12.7 Å². The second-order valence-corrected chi connectivity index (χ2v) is 7.78. The third-order valence-electron chi connectivity index (χ3n) is 4.07. The summed E-state index contributed by atoms with van der Waals surface area (Å²) in [5.74, 6) is -0.249. The predicted octanol–water partition coefficient (Wildman–Crippen LogP) is 2.38. The number of carbonyl (C=O) groups is 1. The first-order chi connectivity index (χ1) is 12.4. The highest BCUT2D eigenvalue weighted by atomic mass is 32.2. The Morgan fingerprint density at radius 3 is 2.81 bits per heavy atom. The van der Waals surface area contributed by atoms with Gasteiger partial charge >= 0.3 is 0 Å². The van der Waals surface area contributed by atoms with Crippen molar-refractivity contribution in [2.24, 2.45) is 0 Å². The molecule has 2 aromatic rings. The summed E-state index contributed by atoms with van der Waals surface area (Å²) >= 11 is 0. The number of hydrogen-bond donors (Lipinski definition) is 2. The van der Waals surface area contributed by atoms with Gasteiger partial charge in [0, 0.05) is 12.6 Å². The fourth-order valence-electron chi connectivity index (χ4n) is 2.77. The molecule has 1 amide bonds. The van der Waals surface area contributed by atoms with E-state index in [-0.39, 0.29) is 29.8 Å². The minimum Gasteiger partial charge on any atom is -0.482 e. The van der Waals surface area contributed by atoms with E-state index >= 15 is 0 Å². The lowest BCUT2D eigenvalue weighted by Crippen LogP contribution is -2.28. The van der Waals surface area contributed by atoms with Crippen molar-refractivity contribution in [3.63, 3.8) is 0 Å². The molecular weight excluding hydrogens is 359 g/mol. The molecule has 0 aliphatic carbocycles. The number of carbonyl (C=O) groups excluding carboxylic acids is 1. The lowest BCUT2D eigenvalue weighted by molar-refractivity contribution is -0.118. The quantitative estimate of drug-likeness (QED) is 0.756. The number of hydrogen-bond acceptors (Lipinski definition) is 4. The molecule has 0 unspecified atom stereocenters. The number of aryl methyl sites for hydroxylation is 2. The molecule has 2 N–H and O–H groups in total. The summed E-state index contributed by atoms with van der Waals surface area (Å²) in [7, 11) is -3.74. The standard InChI is InChI=1S/C18H19FN2O4S/c1-12-9-15-16(25-11-18(22)21-15)10-17(12)26(23,24)20-8-4-6-13-5-2-3-7-14(13)19/h2-3,5,7,9-10,20H,4,6,8,11H2,1H3,(H,21,22). The summed E-state index contributed by atoms with van der Waals surface area (Å²) < 4.78 is 46.5. The van der Waals surface area contributed by atoms with Gasteiger partial charge in [0.1, 0.15) is 11.6 Å². The summed E-state index contributed by atoms with van der Waals surface area (Å²) in [6, 6.07) is 9.41. The van der Waals surface area contributed by atoms with E-state index in [1.54, 1.807) is 31.2 Å². The van der Waals surface area contributed by atoms with Crippen LogP contribution in [0.25, 0.3) is 0 Å². The summed E-state index contributed by atoms with van der Waals surface area (Å²) in [6.45, 7) is 1.69. The Kier molecular flexibility index (Phi) is 5.24. The van der Waals surface area contributed by atoms with Crippen LogP contribution in [0.4, 0.5) is 10.1 Å². The molecule has 3 rings (SSSR count). The highest BCUT2D eigenvalue weighted by Gasteiger charge is 2.23. The van der Waals surface area contributed by atoms with Gasteiger partial charge in [0.15, 0.2) is 6.61 Å². The first-order valence-corrected chi connectivity index (χ1v) is 9.65. The zero-order valence-electron chi connectivity index (χ0n) is 14.2. The van der Waals surface area contributed by atoms with Crippen LogP contribution in [0.5, 0.6) is 5.75 Å². The first-order valence-electron chi connectivity index (χ1n) is 8.17. The van der Waals surface area contributed by atoms with E-state index in [9.17, 15) is 17.6 Å². The Bertz CT molecular complexity index is 944. The monoisotopic (exact) mass is 378 g/mol. The molecule has 138 valence electrons.